The Balaban J connectivity index is 1.52. The van der Waals surface area contributed by atoms with Crippen molar-refractivity contribution >= 4 is 11.3 Å². The molecule has 3 aromatic carbocycles. The van der Waals surface area contributed by atoms with Crippen molar-refractivity contribution in [1.82, 2.24) is 19.7 Å². The standard InChI is InChI=1S/C28H22N4O2S/c1-18-25(20-8-3-2-4-9-20)31-26(35-18)28(16-15-19-7-5-6-10-23(19)28)21-11-13-22(14-12-21)32-27(34)30-24(33)17-29-32/h2-14,17H,15-16H2,1H3,(H,30,33,34). The second kappa shape index (κ2) is 8.29. The molecule has 1 N–H and O–H groups in total. The number of nitrogens with one attached hydrogen (secondary N) is 1. The normalized spacial score (nSPS) is 16.8. The van der Waals surface area contributed by atoms with Crippen molar-refractivity contribution < 1.29 is 0 Å². The Morgan fingerprint density at radius 2 is 1.69 bits per heavy atom. The van der Waals surface area contributed by atoms with Crippen molar-refractivity contribution in [3.05, 3.63) is 132 Å². The summed E-state index contributed by atoms with van der Waals surface area (Å²) < 4.78 is 1.20. The van der Waals surface area contributed by atoms with E-state index in [-0.39, 0.29) is 5.41 Å². The second-order valence-electron chi connectivity index (χ2n) is 8.75. The molecule has 0 saturated heterocycles. The van der Waals surface area contributed by atoms with Gasteiger partial charge in [-0.15, -0.1) is 11.3 Å². The average molecular weight is 479 g/mol. The highest BCUT2D eigenvalue weighted by atomic mass is 32.1. The van der Waals surface area contributed by atoms with E-state index in [2.05, 4.69) is 65.5 Å². The zero-order chi connectivity index (χ0) is 24.0. The molecule has 172 valence electrons. The van der Waals surface area contributed by atoms with Crippen LogP contribution in [-0.2, 0) is 11.8 Å². The number of nitrogens with zero attached hydrogens (tertiary/aromatic N) is 3. The Hall–Kier alpha value is -4.10. The fourth-order valence-corrected chi connectivity index (χ4v) is 6.32. The zero-order valence-electron chi connectivity index (χ0n) is 19.1. The fourth-order valence-electron chi connectivity index (χ4n) is 5.12. The first-order valence-corrected chi connectivity index (χ1v) is 12.3. The van der Waals surface area contributed by atoms with Gasteiger partial charge in [-0.25, -0.2) is 9.78 Å². The Morgan fingerprint density at radius 3 is 2.46 bits per heavy atom. The highest BCUT2D eigenvalue weighted by molar-refractivity contribution is 7.12. The molecule has 2 heterocycles. The van der Waals surface area contributed by atoms with Crippen LogP contribution in [-0.4, -0.2) is 19.7 Å². The maximum absolute atomic E-state index is 12.2. The first-order chi connectivity index (χ1) is 17.1. The summed E-state index contributed by atoms with van der Waals surface area (Å²) in [6.45, 7) is 2.13. The summed E-state index contributed by atoms with van der Waals surface area (Å²) in [6, 6.07) is 26.8. The SMILES string of the molecule is Cc1sc(C2(c3ccc(-n4ncc(=O)[nH]c4=O)cc3)CCc3ccccc32)nc1-c1ccccc1. The topological polar surface area (TPSA) is 80.6 Å². The Kier molecular flexibility index (Phi) is 5.07. The molecular formula is C28H22N4O2S. The Morgan fingerprint density at radius 1 is 0.943 bits per heavy atom. The van der Waals surface area contributed by atoms with E-state index in [1.54, 1.807) is 11.3 Å². The van der Waals surface area contributed by atoms with Crippen molar-refractivity contribution in [3.8, 4) is 16.9 Å². The predicted molar refractivity (Wildman–Crippen MR) is 137 cm³/mol. The number of hydrogen-bond acceptors (Lipinski definition) is 5. The molecule has 1 atom stereocenters. The monoisotopic (exact) mass is 478 g/mol. The van der Waals surface area contributed by atoms with Crippen LogP contribution in [0.5, 0.6) is 0 Å². The van der Waals surface area contributed by atoms with Gasteiger partial charge in [0, 0.05) is 10.4 Å². The van der Waals surface area contributed by atoms with Crippen LogP contribution in [0, 0.1) is 6.92 Å². The number of H-pyrrole nitrogens is 1. The summed E-state index contributed by atoms with van der Waals surface area (Å²) in [7, 11) is 0. The van der Waals surface area contributed by atoms with Crippen LogP contribution in [0.2, 0.25) is 0 Å². The summed E-state index contributed by atoms with van der Waals surface area (Å²) in [6.07, 6.45) is 3.00. The highest BCUT2D eigenvalue weighted by Gasteiger charge is 2.44. The highest BCUT2D eigenvalue weighted by Crippen LogP contribution is 2.51. The van der Waals surface area contributed by atoms with Gasteiger partial charge in [-0.1, -0.05) is 66.7 Å². The minimum absolute atomic E-state index is 0.374. The van der Waals surface area contributed by atoms with E-state index in [0.717, 1.165) is 40.9 Å². The molecule has 0 radical (unpaired) electrons. The number of aryl methyl sites for hydroxylation is 2. The average Bonchev–Trinajstić information content (AvgIpc) is 3.46. The lowest BCUT2D eigenvalue weighted by atomic mass is 9.76. The zero-order valence-corrected chi connectivity index (χ0v) is 19.9. The van der Waals surface area contributed by atoms with Crippen LogP contribution in [0.3, 0.4) is 0 Å². The van der Waals surface area contributed by atoms with Gasteiger partial charge in [0.2, 0.25) is 0 Å². The molecule has 1 aliphatic rings. The number of rotatable bonds is 4. The molecule has 0 spiro atoms. The fraction of sp³-hybridized carbons (Fsp3) is 0.143. The van der Waals surface area contributed by atoms with E-state index in [1.807, 2.05) is 30.3 Å². The van der Waals surface area contributed by atoms with Crippen LogP contribution in [0.25, 0.3) is 16.9 Å². The molecule has 0 bridgehead atoms. The minimum atomic E-state index is -0.561. The largest absolute Gasteiger partial charge is 0.349 e. The van der Waals surface area contributed by atoms with Gasteiger partial charge in [0.05, 0.1) is 16.8 Å². The molecule has 0 saturated carbocycles. The van der Waals surface area contributed by atoms with E-state index < -0.39 is 11.2 Å². The van der Waals surface area contributed by atoms with Gasteiger partial charge in [0.25, 0.3) is 5.56 Å². The molecule has 6 rings (SSSR count). The lowest BCUT2D eigenvalue weighted by Crippen LogP contribution is -2.30. The molecule has 0 amide bonds. The van der Waals surface area contributed by atoms with E-state index in [0.29, 0.717) is 5.69 Å². The van der Waals surface area contributed by atoms with Gasteiger partial charge in [-0.2, -0.15) is 9.78 Å². The Labute approximate surface area is 205 Å². The van der Waals surface area contributed by atoms with Gasteiger partial charge >= 0.3 is 5.69 Å². The van der Waals surface area contributed by atoms with Crippen LogP contribution in [0.15, 0.2) is 94.6 Å². The van der Waals surface area contributed by atoms with Crippen LogP contribution in [0.4, 0.5) is 0 Å². The lowest BCUT2D eigenvalue weighted by molar-refractivity contribution is 0.605. The number of aromatic nitrogens is 4. The molecule has 5 aromatic rings. The third-order valence-electron chi connectivity index (χ3n) is 6.77. The molecular weight excluding hydrogens is 456 g/mol. The van der Waals surface area contributed by atoms with E-state index >= 15 is 0 Å². The van der Waals surface area contributed by atoms with Gasteiger partial charge in [-0.05, 0) is 48.6 Å². The number of thiazole rings is 1. The minimum Gasteiger partial charge on any atom is -0.271 e. The smallest absolute Gasteiger partial charge is 0.271 e. The summed E-state index contributed by atoms with van der Waals surface area (Å²) in [5, 5.41) is 5.06. The predicted octanol–water partition coefficient (Wildman–Crippen LogP) is 4.63. The first kappa shape index (κ1) is 21.4. The van der Waals surface area contributed by atoms with Crippen LogP contribution < -0.4 is 11.2 Å². The van der Waals surface area contributed by atoms with E-state index in [9.17, 15) is 9.59 Å². The third kappa shape index (κ3) is 3.47. The summed E-state index contributed by atoms with van der Waals surface area (Å²) in [5.74, 6) is 0. The second-order valence-corrected chi connectivity index (χ2v) is 9.95. The number of fused-ring (bicyclic) bond motifs is 1. The summed E-state index contributed by atoms with van der Waals surface area (Å²) in [4.78, 5) is 32.3. The summed E-state index contributed by atoms with van der Waals surface area (Å²) >= 11 is 1.75. The number of aromatic amines is 1. The summed E-state index contributed by atoms with van der Waals surface area (Å²) in [5.41, 5.74) is 5.02. The lowest BCUT2D eigenvalue weighted by Gasteiger charge is -2.29. The Bertz CT molecular complexity index is 1650. The van der Waals surface area contributed by atoms with E-state index in [4.69, 9.17) is 4.98 Å². The van der Waals surface area contributed by atoms with Crippen LogP contribution in [0.1, 0.15) is 33.0 Å². The van der Waals surface area contributed by atoms with Crippen molar-refractivity contribution in [3.63, 3.8) is 0 Å². The van der Waals surface area contributed by atoms with E-state index in [1.165, 1.54) is 20.7 Å². The molecule has 7 heteroatoms. The maximum atomic E-state index is 12.2. The van der Waals surface area contributed by atoms with Crippen LogP contribution >= 0.6 is 11.3 Å². The first-order valence-electron chi connectivity index (χ1n) is 11.5. The number of benzene rings is 3. The molecule has 35 heavy (non-hydrogen) atoms. The number of hydrogen-bond donors (Lipinski definition) is 1. The van der Waals surface area contributed by atoms with Crippen molar-refractivity contribution in [2.75, 3.05) is 0 Å². The van der Waals surface area contributed by atoms with Crippen molar-refractivity contribution in [2.24, 2.45) is 0 Å². The quantitative estimate of drug-likeness (QED) is 0.408. The molecule has 0 aliphatic heterocycles. The third-order valence-corrected chi connectivity index (χ3v) is 7.91. The van der Waals surface area contributed by atoms with Gasteiger partial charge in [0.15, 0.2) is 0 Å². The maximum Gasteiger partial charge on any atom is 0.349 e. The van der Waals surface area contributed by atoms with Crippen molar-refractivity contribution in [1.29, 1.82) is 0 Å². The van der Waals surface area contributed by atoms with Gasteiger partial charge in [-0.3, -0.25) is 9.78 Å². The molecule has 0 fully saturated rings. The molecule has 2 aromatic heterocycles. The van der Waals surface area contributed by atoms with Gasteiger partial charge in [0.1, 0.15) is 11.2 Å². The van der Waals surface area contributed by atoms with Crippen molar-refractivity contribution in [2.45, 2.75) is 25.2 Å². The molecule has 6 nitrogen and oxygen atoms in total. The molecule has 1 aliphatic carbocycles. The molecule has 1 unspecified atom stereocenters. The van der Waals surface area contributed by atoms with Gasteiger partial charge < -0.3 is 0 Å².